The first-order chi connectivity index (χ1) is 6.33. The number of tetrazole rings is 1. The van der Waals surface area contributed by atoms with Gasteiger partial charge in [0.25, 0.3) is 0 Å². The summed E-state index contributed by atoms with van der Waals surface area (Å²) in [4.78, 5) is 1.42. The predicted molar refractivity (Wildman–Crippen MR) is 47.0 cm³/mol. The predicted octanol–water partition coefficient (Wildman–Crippen LogP) is -0.664. The van der Waals surface area contributed by atoms with Crippen LogP contribution in [0.3, 0.4) is 0 Å². The third-order valence-electron chi connectivity index (χ3n) is 1.45. The van der Waals surface area contributed by atoms with Gasteiger partial charge in [0.05, 0.1) is 13.7 Å². The Morgan fingerprint density at radius 2 is 2.38 bits per heavy atom. The van der Waals surface area contributed by atoms with E-state index in [1.54, 1.807) is 7.05 Å². The second-order valence-corrected chi connectivity index (χ2v) is 2.60. The minimum atomic E-state index is 0.430. The van der Waals surface area contributed by atoms with E-state index >= 15 is 0 Å². The summed E-state index contributed by atoms with van der Waals surface area (Å²) in [5.41, 5.74) is 0. The van der Waals surface area contributed by atoms with E-state index in [0.717, 1.165) is 13.1 Å². The average Bonchev–Trinajstić information content (AvgIpc) is 2.51. The van der Waals surface area contributed by atoms with Crippen LogP contribution in [-0.2, 0) is 18.4 Å². The molecule has 0 radical (unpaired) electrons. The van der Waals surface area contributed by atoms with E-state index < -0.39 is 0 Å². The quantitative estimate of drug-likeness (QED) is 0.596. The fraction of sp³-hybridized carbons (Fsp3) is 0.857. The van der Waals surface area contributed by atoms with Crippen molar-refractivity contribution in [1.29, 1.82) is 0 Å². The van der Waals surface area contributed by atoms with Crippen molar-refractivity contribution >= 4 is 0 Å². The molecule has 0 atom stereocenters. The van der Waals surface area contributed by atoms with Gasteiger partial charge in [-0.15, -0.1) is 10.2 Å². The van der Waals surface area contributed by atoms with Gasteiger partial charge in [-0.05, 0) is 11.8 Å². The van der Waals surface area contributed by atoms with Crippen LogP contribution in [-0.4, -0.2) is 39.9 Å². The molecule has 0 aliphatic heterocycles. The summed E-state index contributed by atoms with van der Waals surface area (Å²) in [5.74, 6) is 0.624. The molecule has 0 aliphatic carbocycles. The van der Waals surface area contributed by atoms with Gasteiger partial charge in [0.15, 0.2) is 5.82 Å². The monoisotopic (exact) mass is 185 g/mol. The first kappa shape index (κ1) is 10.1. The number of ether oxygens (including phenoxy) is 1. The lowest BCUT2D eigenvalue weighted by Gasteiger charge is -2.00. The number of aromatic nitrogens is 4. The summed E-state index contributed by atoms with van der Waals surface area (Å²) in [6, 6.07) is 0. The minimum absolute atomic E-state index is 0.430. The summed E-state index contributed by atoms with van der Waals surface area (Å²) >= 11 is 0. The van der Waals surface area contributed by atoms with Crippen molar-refractivity contribution in [3.05, 3.63) is 5.82 Å². The summed E-state index contributed by atoms with van der Waals surface area (Å²) in [7, 11) is 1.73. The molecule has 6 nitrogen and oxygen atoms in total. The second-order valence-electron chi connectivity index (χ2n) is 2.60. The fourth-order valence-corrected chi connectivity index (χ4v) is 0.866. The van der Waals surface area contributed by atoms with Crippen molar-refractivity contribution in [2.75, 3.05) is 19.7 Å². The Balaban J connectivity index is 2.06. The first-order valence-electron chi connectivity index (χ1n) is 4.34. The van der Waals surface area contributed by atoms with Crippen LogP contribution in [0.1, 0.15) is 12.7 Å². The Morgan fingerprint density at radius 3 is 3.00 bits per heavy atom. The smallest absolute Gasteiger partial charge is 0.200 e. The molecule has 0 aliphatic rings. The minimum Gasteiger partial charge on any atom is -0.372 e. The van der Waals surface area contributed by atoms with E-state index in [1.807, 2.05) is 0 Å². The lowest BCUT2D eigenvalue weighted by Crippen LogP contribution is -2.18. The lowest BCUT2D eigenvalue weighted by molar-refractivity contribution is 0.117. The van der Waals surface area contributed by atoms with Gasteiger partial charge in [-0.3, -0.25) is 0 Å². The Hall–Kier alpha value is -1.01. The molecule has 1 aromatic heterocycles. The SMILES string of the molecule is CCNCCOCc1nnn(C)n1. The molecule has 1 heterocycles. The molecule has 1 aromatic rings. The molecule has 0 saturated carbocycles. The van der Waals surface area contributed by atoms with Crippen molar-refractivity contribution in [2.24, 2.45) is 7.05 Å². The first-order valence-corrected chi connectivity index (χ1v) is 4.34. The number of nitrogens with zero attached hydrogens (tertiary/aromatic N) is 4. The van der Waals surface area contributed by atoms with Crippen LogP contribution in [0.2, 0.25) is 0 Å². The van der Waals surface area contributed by atoms with Crippen LogP contribution in [0.5, 0.6) is 0 Å². The molecule has 1 rings (SSSR count). The molecule has 0 unspecified atom stereocenters. The zero-order valence-corrected chi connectivity index (χ0v) is 8.03. The number of aryl methyl sites for hydroxylation is 1. The lowest BCUT2D eigenvalue weighted by atomic mass is 10.6. The van der Waals surface area contributed by atoms with Gasteiger partial charge in [0.1, 0.15) is 6.61 Å². The molecule has 1 N–H and O–H groups in total. The number of hydrogen-bond acceptors (Lipinski definition) is 5. The third kappa shape index (κ3) is 3.95. The Kier molecular flexibility index (Phi) is 4.34. The van der Waals surface area contributed by atoms with Gasteiger partial charge in [0.2, 0.25) is 0 Å². The number of hydrogen-bond donors (Lipinski definition) is 1. The summed E-state index contributed by atoms with van der Waals surface area (Å²) < 4.78 is 5.29. The van der Waals surface area contributed by atoms with Gasteiger partial charge < -0.3 is 10.1 Å². The van der Waals surface area contributed by atoms with E-state index in [1.165, 1.54) is 4.80 Å². The third-order valence-corrected chi connectivity index (χ3v) is 1.45. The van der Waals surface area contributed by atoms with Crippen LogP contribution in [0.15, 0.2) is 0 Å². The Bertz CT molecular complexity index is 237. The molecule has 0 fully saturated rings. The summed E-state index contributed by atoms with van der Waals surface area (Å²) in [6.45, 7) is 4.99. The largest absolute Gasteiger partial charge is 0.372 e. The van der Waals surface area contributed by atoms with Gasteiger partial charge in [0, 0.05) is 6.54 Å². The second kappa shape index (κ2) is 5.60. The highest BCUT2D eigenvalue weighted by atomic mass is 16.5. The van der Waals surface area contributed by atoms with Crippen LogP contribution in [0, 0.1) is 0 Å². The number of nitrogens with one attached hydrogen (secondary N) is 1. The zero-order chi connectivity index (χ0) is 9.52. The maximum atomic E-state index is 5.29. The summed E-state index contributed by atoms with van der Waals surface area (Å²) in [6.07, 6.45) is 0. The molecule has 0 aromatic carbocycles. The topological polar surface area (TPSA) is 64.9 Å². The molecule has 0 saturated heterocycles. The molecule has 0 bridgehead atoms. The maximum absolute atomic E-state index is 5.29. The summed E-state index contributed by atoms with van der Waals surface area (Å²) in [5, 5.41) is 14.6. The standard InChI is InChI=1S/C7H15N5O/c1-3-8-4-5-13-6-7-9-11-12(2)10-7/h8H,3-6H2,1-2H3. The molecule has 6 heteroatoms. The van der Waals surface area contributed by atoms with Crippen molar-refractivity contribution in [3.8, 4) is 0 Å². The maximum Gasteiger partial charge on any atom is 0.200 e. The van der Waals surface area contributed by atoms with Crippen LogP contribution < -0.4 is 5.32 Å². The molecule has 0 amide bonds. The van der Waals surface area contributed by atoms with Gasteiger partial charge in [-0.1, -0.05) is 6.92 Å². The fourth-order valence-electron chi connectivity index (χ4n) is 0.866. The van der Waals surface area contributed by atoms with E-state index in [-0.39, 0.29) is 0 Å². The van der Waals surface area contributed by atoms with Crippen LogP contribution in [0.4, 0.5) is 0 Å². The number of likely N-dealkylation sites (N-methyl/N-ethyl adjacent to an activating group) is 1. The highest BCUT2D eigenvalue weighted by Gasteiger charge is 1.98. The van der Waals surface area contributed by atoms with Gasteiger partial charge >= 0.3 is 0 Å². The van der Waals surface area contributed by atoms with Crippen LogP contribution in [0.25, 0.3) is 0 Å². The molecule has 13 heavy (non-hydrogen) atoms. The normalized spacial score (nSPS) is 10.6. The molecule has 74 valence electrons. The van der Waals surface area contributed by atoms with Gasteiger partial charge in [-0.2, -0.15) is 4.80 Å². The van der Waals surface area contributed by atoms with E-state index in [0.29, 0.717) is 19.0 Å². The van der Waals surface area contributed by atoms with Crippen LogP contribution >= 0.6 is 0 Å². The Morgan fingerprint density at radius 1 is 1.54 bits per heavy atom. The van der Waals surface area contributed by atoms with E-state index in [2.05, 4.69) is 27.7 Å². The average molecular weight is 185 g/mol. The highest BCUT2D eigenvalue weighted by molar-refractivity contribution is 4.71. The van der Waals surface area contributed by atoms with Gasteiger partial charge in [-0.25, -0.2) is 0 Å². The Labute approximate surface area is 77.3 Å². The van der Waals surface area contributed by atoms with E-state index in [9.17, 15) is 0 Å². The van der Waals surface area contributed by atoms with E-state index in [4.69, 9.17) is 4.74 Å². The molecular weight excluding hydrogens is 170 g/mol. The van der Waals surface area contributed by atoms with Crippen molar-refractivity contribution in [3.63, 3.8) is 0 Å². The molecule has 0 spiro atoms. The molecular formula is C7H15N5O. The van der Waals surface area contributed by atoms with Crippen molar-refractivity contribution < 1.29 is 4.74 Å². The zero-order valence-electron chi connectivity index (χ0n) is 8.03. The van der Waals surface area contributed by atoms with Crippen molar-refractivity contribution in [2.45, 2.75) is 13.5 Å². The number of rotatable bonds is 6. The highest BCUT2D eigenvalue weighted by Crippen LogP contribution is 1.88. The van der Waals surface area contributed by atoms with Crippen molar-refractivity contribution in [1.82, 2.24) is 25.5 Å².